The predicted octanol–water partition coefficient (Wildman–Crippen LogP) is 3.43. The quantitative estimate of drug-likeness (QED) is 0.878. The zero-order chi connectivity index (χ0) is 13.8. The summed E-state index contributed by atoms with van der Waals surface area (Å²) < 4.78 is 10.9. The first-order valence-corrected chi connectivity index (χ1v) is 7.34. The molecule has 0 saturated carbocycles. The Morgan fingerprint density at radius 2 is 2.21 bits per heavy atom. The highest BCUT2D eigenvalue weighted by atomic mass is 32.1. The molecule has 0 bridgehead atoms. The number of rotatable bonds is 6. The average molecular weight is 281 g/mol. The van der Waals surface area contributed by atoms with Crippen LogP contribution >= 0.6 is 11.3 Å². The molecule has 0 spiro atoms. The molecule has 0 aliphatic heterocycles. The Morgan fingerprint density at radius 3 is 2.79 bits per heavy atom. The van der Waals surface area contributed by atoms with Crippen molar-refractivity contribution in [3.05, 3.63) is 16.8 Å². The molecule has 2 rings (SSSR count). The molecule has 0 aromatic carbocycles. The largest absolute Gasteiger partial charge is 0.390 e. The fourth-order valence-corrected chi connectivity index (χ4v) is 2.71. The average Bonchev–Trinajstić information content (AvgIpc) is 3.02. The first kappa shape index (κ1) is 14.0. The van der Waals surface area contributed by atoms with E-state index in [1.165, 1.54) is 4.88 Å². The standard InChI is InChI=1S/C13H19N3O2S/c1-4-8-7-9(11(14)19-8)13-15-12(16-18-13)10(5-2)17-6-3/h7,10H,4-6,14H2,1-3H3. The lowest BCUT2D eigenvalue weighted by Crippen LogP contribution is -2.04. The van der Waals surface area contributed by atoms with Crippen molar-refractivity contribution in [2.24, 2.45) is 0 Å². The molecule has 0 fully saturated rings. The molecule has 1 unspecified atom stereocenters. The van der Waals surface area contributed by atoms with E-state index < -0.39 is 0 Å². The van der Waals surface area contributed by atoms with Crippen LogP contribution in [0.3, 0.4) is 0 Å². The number of hydrogen-bond donors (Lipinski definition) is 1. The molecule has 2 N–H and O–H groups in total. The van der Waals surface area contributed by atoms with E-state index in [1.54, 1.807) is 11.3 Å². The Kier molecular flexibility index (Phi) is 4.55. The second-order valence-corrected chi connectivity index (χ2v) is 5.32. The van der Waals surface area contributed by atoms with E-state index in [0.717, 1.165) is 23.4 Å². The zero-order valence-corrected chi connectivity index (χ0v) is 12.3. The fraction of sp³-hybridized carbons (Fsp3) is 0.538. The normalized spacial score (nSPS) is 12.8. The van der Waals surface area contributed by atoms with Crippen LogP contribution < -0.4 is 5.73 Å². The lowest BCUT2D eigenvalue weighted by Gasteiger charge is -2.09. The molecule has 5 nitrogen and oxygen atoms in total. The van der Waals surface area contributed by atoms with Gasteiger partial charge in [-0.15, -0.1) is 11.3 Å². The maximum Gasteiger partial charge on any atom is 0.261 e. The van der Waals surface area contributed by atoms with Crippen LogP contribution in [0.4, 0.5) is 5.00 Å². The first-order valence-electron chi connectivity index (χ1n) is 6.53. The number of anilines is 1. The van der Waals surface area contributed by atoms with E-state index in [2.05, 4.69) is 17.1 Å². The molecular formula is C13H19N3O2S. The summed E-state index contributed by atoms with van der Waals surface area (Å²) in [6, 6.07) is 2.01. The maximum absolute atomic E-state index is 5.99. The molecule has 19 heavy (non-hydrogen) atoms. The van der Waals surface area contributed by atoms with E-state index in [4.69, 9.17) is 15.0 Å². The van der Waals surface area contributed by atoms with Crippen LogP contribution in [-0.2, 0) is 11.2 Å². The molecule has 0 amide bonds. The van der Waals surface area contributed by atoms with E-state index in [0.29, 0.717) is 18.3 Å². The molecule has 2 heterocycles. The van der Waals surface area contributed by atoms with Gasteiger partial charge in [0.25, 0.3) is 5.89 Å². The lowest BCUT2D eigenvalue weighted by molar-refractivity contribution is 0.0518. The van der Waals surface area contributed by atoms with Crippen LogP contribution in [0.15, 0.2) is 10.6 Å². The molecular weight excluding hydrogens is 262 g/mol. The third-order valence-corrected chi connectivity index (χ3v) is 3.97. The number of aromatic nitrogens is 2. The van der Waals surface area contributed by atoms with Gasteiger partial charge in [-0.3, -0.25) is 0 Å². The topological polar surface area (TPSA) is 74.2 Å². The van der Waals surface area contributed by atoms with Crippen molar-refractivity contribution in [2.45, 2.75) is 39.7 Å². The van der Waals surface area contributed by atoms with Crippen LogP contribution in [0.1, 0.15) is 44.0 Å². The van der Waals surface area contributed by atoms with Crippen LogP contribution in [0, 0.1) is 0 Å². The second kappa shape index (κ2) is 6.16. The van der Waals surface area contributed by atoms with E-state index in [-0.39, 0.29) is 6.10 Å². The lowest BCUT2D eigenvalue weighted by atomic mass is 10.2. The van der Waals surface area contributed by atoms with Gasteiger partial charge >= 0.3 is 0 Å². The van der Waals surface area contributed by atoms with Crippen molar-refractivity contribution in [2.75, 3.05) is 12.3 Å². The minimum Gasteiger partial charge on any atom is -0.390 e. The number of aryl methyl sites for hydroxylation is 1. The van der Waals surface area contributed by atoms with Crippen molar-refractivity contribution < 1.29 is 9.26 Å². The van der Waals surface area contributed by atoms with Crippen LogP contribution in [-0.4, -0.2) is 16.7 Å². The minimum absolute atomic E-state index is 0.118. The number of nitrogens with two attached hydrogens (primary N) is 1. The van der Waals surface area contributed by atoms with Crippen molar-refractivity contribution >= 4 is 16.3 Å². The minimum atomic E-state index is -0.118. The van der Waals surface area contributed by atoms with Crippen molar-refractivity contribution in [1.29, 1.82) is 0 Å². The summed E-state index contributed by atoms with van der Waals surface area (Å²) in [5, 5.41) is 4.72. The van der Waals surface area contributed by atoms with Gasteiger partial charge in [-0.1, -0.05) is 19.0 Å². The fourth-order valence-electron chi connectivity index (χ4n) is 1.85. The number of ether oxygens (including phenoxy) is 1. The van der Waals surface area contributed by atoms with Crippen LogP contribution in [0.5, 0.6) is 0 Å². The van der Waals surface area contributed by atoms with Gasteiger partial charge in [-0.25, -0.2) is 0 Å². The number of hydrogen-bond acceptors (Lipinski definition) is 6. The molecule has 0 aliphatic carbocycles. The van der Waals surface area contributed by atoms with Gasteiger partial charge in [0, 0.05) is 11.5 Å². The number of thiophene rings is 1. The van der Waals surface area contributed by atoms with E-state index in [1.807, 2.05) is 19.9 Å². The Balaban J connectivity index is 2.26. The Bertz CT molecular complexity index is 536. The van der Waals surface area contributed by atoms with E-state index in [9.17, 15) is 0 Å². The highest BCUT2D eigenvalue weighted by Gasteiger charge is 2.19. The molecule has 0 saturated heterocycles. The third kappa shape index (κ3) is 2.96. The van der Waals surface area contributed by atoms with Crippen LogP contribution in [0.25, 0.3) is 11.5 Å². The maximum atomic E-state index is 5.99. The summed E-state index contributed by atoms with van der Waals surface area (Å²) in [7, 11) is 0. The predicted molar refractivity (Wildman–Crippen MR) is 76.1 cm³/mol. The summed E-state index contributed by atoms with van der Waals surface area (Å²) in [6.45, 7) is 6.71. The third-order valence-electron chi connectivity index (χ3n) is 2.86. The van der Waals surface area contributed by atoms with E-state index >= 15 is 0 Å². The smallest absolute Gasteiger partial charge is 0.261 e. The Labute approximate surface area is 116 Å². The van der Waals surface area contributed by atoms with Crippen molar-refractivity contribution in [3.8, 4) is 11.5 Å². The highest BCUT2D eigenvalue weighted by Crippen LogP contribution is 2.34. The molecule has 0 radical (unpaired) electrons. The summed E-state index contributed by atoms with van der Waals surface area (Å²) in [5.74, 6) is 1.06. The molecule has 2 aromatic rings. The highest BCUT2D eigenvalue weighted by molar-refractivity contribution is 7.16. The monoisotopic (exact) mass is 281 g/mol. The summed E-state index contributed by atoms with van der Waals surface area (Å²) in [4.78, 5) is 5.61. The molecule has 2 aromatic heterocycles. The van der Waals surface area contributed by atoms with Gasteiger partial charge in [0.2, 0.25) is 5.82 Å². The van der Waals surface area contributed by atoms with Crippen molar-refractivity contribution in [1.82, 2.24) is 10.1 Å². The Hall–Kier alpha value is -1.40. The SMILES string of the molecule is CCOC(CC)c1noc(-c2cc(CC)sc2N)n1. The van der Waals surface area contributed by atoms with Gasteiger partial charge in [0.05, 0.1) is 10.6 Å². The summed E-state index contributed by atoms with van der Waals surface area (Å²) in [5.41, 5.74) is 6.81. The summed E-state index contributed by atoms with van der Waals surface area (Å²) >= 11 is 1.56. The van der Waals surface area contributed by atoms with Gasteiger partial charge < -0.3 is 15.0 Å². The van der Waals surface area contributed by atoms with Crippen LogP contribution in [0.2, 0.25) is 0 Å². The number of nitrogens with zero attached hydrogens (tertiary/aromatic N) is 2. The van der Waals surface area contributed by atoms with Gasteiger partial charge in [-0.05, 0) is 25.8 Å². The summed E-state index contributed by atoms with van der Waals surface area (Å²) in [6.07, 6.45) is 1.64. The second-order valence-electron chi connectivity index (χ2n) is 4.15. The van der Waals surface area contributed by atoms with Gasteiger partial charge in [-0.2, -0.15) is 4.98 Å². The van der Waals surface area contributed by atoms with Gasteiger partial charge in [0.1, 0.15) is 6.10 Å². The Morgan fingerprint density at radius 1 is 1.42 bits per heavy atom. The first-order chi connectivity index (χ1) is 9.19. The molecule has 6 heteroatoms. The molecule has 104 valence electrons. The molecule has 0 aliphatic rings. The number of nitrogen functional groups attached to an aromatic ring is 1. The van der Waals surface area contributed by atoms with Gasteiger partial charge in [0.15, 0.2) is 0 Å². The zero-order valence-electron chi connectivity index (χ0n) is 11.5. The molecule has 1 atom stereocenters. The van der Waals surface area contributed by atoms with Crippen molar-refractivity contribution in [3.63, 3.8) is 0 Å².